The number of aromatic amines is 1. The van der Waals surface area contributed by atoms with Crippen LogP contribution in [0.3, 0.4) is 0 Å². The summed E-state index contributed by atoms with van der Waals surface area (Å²) in [6.45, 7) is 0.521. The third-order valence-electron chi connectivity index (χ3n) is 5.05. The number of benzene rings is 1. The Kier molecular flexibility index (Phi) is 5.62. The molecule has 1 aliphatic rings. The highest BCUT2D eigenvalue weighted by atomic mass is 31.1. The quantitative estimate of drug-likeness (QED) is 0.380. The third kappa shape index (κ3) is 4.48. The van der Waals surface area contributed by atoms with Crippen molar-refractivity contribution in [3.8, 4) is 11.1 Å². The van der Waals surface area contributed by atoms with Crippen molar-refractivity contribution in [1.29, 1.82) is 5.41 Å². The molecule has 0 spiro atoms. The summed E-state index contributed by atoms with van der Waals surface area (Å²) in [5.41, 5.74) is 3.96. The molecule has 4 rings (SSSR count). The summed E-state index contributed by atoms with van der Waals surface area (Å²) in [5, 5.41) is 15.9. The number of nitrogens with zero attached hydrogens (tertiary/aromatic N) is 4. The van der Waals surface area contributed by atoms with Crippen LogP contribution in [0, 0.1) is 5.41 Å². The van der Waals surface area contributed by atoms with Crippen LogP contribution in [0.25, 0.3) is 22.0 Å². The number of halogens is 2. The van der Waals surface area contributed by atoms with Gasteiger partial charge in [0.1, 0.15) is 12.2 Å². The molecule has 0 aliphatic carbocycles. The molecule has 150 valence electrons. The van der Waals surface area contributed by atoms with Gasteiger partial charge in [-0.3, -0.25) is 15.5 Å². The molecule has 2 N–H and O–H groups in total. The van der Waals surface area contributed by atoms with Gasteiger partial charge in [-0.2, -0.15) is 5.10 Å². The van der Waals surface area contributed by atoms with Gasteiger partial charge in [0.15, 0.2) is 0 Å². The summed E-state index contributed by atoms with van der Waals surface area (Å²) in [7, 11) is 0.316. The van der Waals surface area contributed by atoms with Crippen LogP contribution in [0.1, 0.15) is 12.8 Å². The Balaban J connectivity index is 1.52. The number of aromatic nitrogens is 3. The first-order chi connectivity index (χ1) is 14.1. The van der Waals surface area contributed by atoms with Crippen molar-refractivity contribution in [2.45, 2.75) is 18.8 Å². The number of hydrogen-bond donors (Lipinski definition) is 2. The van der Waals surface area contributed by atoms with Crippen molar-refractivity contribution in [2.24, 2.45) is 4.99 Å². The number of fused-ring (bicyclic) bond motifs is 1. The van der Waals surface area contributed by atoms with Crippen LogP contribution >= 0.6 is 8.58 Å². The molecule has 9 heteroatoms. The van der Waals surface area contributed by atoms with E-state index in [0.717, 1.165) is 33.8 Å². The molecular formula is C20H21F2N6P. The largest absolute Gasteiger partial charge is 0.359 e. The first-order valence-electron chi connectivity index (χ1n) is 9.36. The smallest absolute Gasteiger partial charge is 0.251 e. The normalized spacial score (nSPS) is 17.3. The van der Waals surface area contributed by atoms with Gasteiger partial charge in [-0.05, 0) is 23.8 Å². The van der Waals surface area contributed by atoms with Crippen molar-refractivity contribution in [3.63, 3.8) is 0 Å². The highest BCUT2D eigenvalue weighted by Crippen LogP contribution is 2.29. The van der Waals surface area contributed by atoms with Gasteiger partial charge in [0.2, 0.25) is 0 Å². The summed E-state index contributed by atoms with van der Waals surface area (Å²) in [6.07, 6.45) is 4.77. The fraction of sp³-hybridized carbons (Fsp3) is 0.300. The molecule has 1 atom stereocenters. The average molecular weight is 414 g/mol. The molecule has 2 aromatic heterocycles. The number of piperidine rings is 1. The van der Waals surface area contributed by atoms with Gasteiger partial charge in [0.25, 0.3) is 5.92 Å². The maximum absolute atomic E-state index is 13.5. The van der Waals surface area contributed by atoms with E-state index in [9.17, 15) is 8.78 Å². The highest BCUT2D eigenvalue weighted by Gasteiger charge is 2.34. The SMILES string of the molecule is N=CN=C(CPc1n[nH]c2ccc(-c3cccnc3)cc12)N1CCC(F)(F)CC1. The van der Waals surface area contributed by atoms with Gasteiger partial charge in [0.05, 0.1) is 11.0 Å². The van der Waals surface area contributed by atoms with Crippen LogP contribution in [0.4, 0.5) is 8.78 Å². The predicted octanol–water partition coefficient (Wildman–Crippen LogP) is 3.67. The number of alkyl halides is 2. The summed E-state index contributed by atoms with van der Waals surface area (Å²) in [5.74, 6) is -1.93. The lowest BCUT2D eigenvalue weighted by Crippen LogP contribution is -2.43. The van der Waals surface area contributed by atoms with Crippen LogP contribution in [0.2, 0.25) is 0 Å². The Morgan fingerprint density at radius 1 is 1.28 bits per heavy atom. The zero-order valence-corrected chi connectivity index (χ0v) is 16.7. The molecule has 1 aliphatic heterocycles. The number of aliphatic imine (C=N–C) groups is 1. The number of hydrogen-bond acceptors (Lipinski definition) is 3. The van der Waals surface area contributed by atoms with E-state index in [1.165, 1.54) is 0 Å². The van der Waals surface area contributed by atoms with E-state index in [1.54, 1.807) is 6.20 Å². The molecule has 3 aromatic rings. The Hall–Kier alpha value is -2.73. The summed E-state index contributed by atoms with van der Waals surface area (Å²) < 4.78 is 26.9. The fourth-order valence-corrected chi connectivity index (χ4v) is 4.60. The van der Waals surface area contributed by atoms with E-state index >= 15 is 0 Å². The molecule has 1 saturated heterocycles. The summed E-state index contributed by atoms with van der Waals surface area (Å²) >= 11 is 0. The van der Waals surface area contributed by atoms with E-state index in [-0.39, 0.29) is 25.9 Å². The van der Waals surface area contributed by atoms with Crippen molar-refractivity contribution in [2.75, 3.05) is 19.3 Å². The number of rotatable bonds is 5. The predicted molar refractivity (Wildman–Crippen MR) is 114 cm³/mol. The minimum absolute atomic E-state index is 0.174. The molecule has 3 heterocycles. The lowest BCUT2D eigenvalue weighted by atomic mass is 10.1. The molecule has 0 amide bonds. The fourth-order valence-electron chi connectivity index (χ4n) is 3.43. The van der Waals surface area contributed by atoms with Crippen molar-refractivity contribution in [3.05, 3.63) is 42.7 Å². The number of H-pyrrole nitrogens is 1. The molecule has 1 aromatic carbocycles. The number of pyridine rings is 1. The molecule has 0 radical (unpaired) electrons. The lowest BCUT2D eigenvalue weighted by molar-refractivity contribution is -0.0434. The van der Waals surface area contributed by atoms with Crippen LogP contribution in [-0.2, 0) is 0 Å². The number of amidine groups is 1. The van der Waals surface area contributed by atoms with Crippen LogP contribution in [0.5, 0.6) is 0 Å². The maximum atomic E-state index is 13.5. The van der Waals surface area contributed by atoms with E-state index in [1.807, 2.05) is 35.4 Å². The highest BCUT2D eigenvalue weighted by molar-refractivity contribution is 7.48. The zero-order chi connectivity index (χ0) is 20.3. The zero-order valence-electron chi connectivity index (χ0n) is 15.7. The van der Waals surface area contributed by atoms with E-state index in [4.69, 9.17) is 5.41 Å². The molecular weight excluding hydrogens is 393 g/mol. The summed E-state index contributed by atoms with van der Waals surface area (Å²) in [6, 6.07) is 10.0. The van der Waals surface area contributed by atoms with Gasteiger partial charge in [-0.15, -0.1) is 0 Å². The van der Waals surface area contributed by atoms with Crippen LogP contribution in [0.15, 0.2) is 47.7 Å². The maximum Gasteiger partial charge on any atom is 0.251 e. The van der Waals surface area contributed by atoms with Crippen LogP contribution in [-0.4, -0.2) is 57.4 Å². The van der Waals surface area contributed by atoms with Gasteiger partial charge < -0.3 is 4.90 Å². The van der Waals surface area contributed by atoms with E-state index < -0.39 is 5.92 Å². The van der Waals surface area contributed by atoms with Gasteiger partial charge in [-0.25, -0.2) is 13.8 Å². The second-order valence-electron chi connectivity index (χ2n) is 6.95. The third-order valence-corrected chi connectivity index (χ3v) is 6.25. The Labute approximate surface area is 168 Å². The molecule has 29 heavy (non-hydrogen) atoms. The number of likely N-dealkylation sites (tertiary alicyclic amines) is 1. The molecule has 0 bridgehead atoms. The van der Waals surface area contributed by atoms with Crippen molar-refractivity contribution >= 4 is 37.1 Å². The van der Waals surface area contributed by atoms with Crippen molar-refractivity contribution < 1.29 is 8.78 Å². The first-order valence-corrected chi connectivity index (χ1v) is 10.6. The lowest BCUT2D eigenvalue weighted by Gasteiger charge is -2.33. The second kappa shape index (κ2) is 8.33. The average Bonchev–Trinajstić information content (AvgIpc) is 3.14. The van der Waals surface area contributed by atoms with Gasteiger partial charge in [0, 0.05) is 55.4 Å². The molecule has 6 nitrogen and oxygen atoms in total. The molecule has 1 unspecified atom stereocenters. The van der Waals surface area contributed by atoms with E-state index in [0.29, 0.717) is 20.6 Å². The Bertz CT molecular complexity index is 1020. The first kappa shape index (κ1) is 19.6. The Morgan fingerprint density at radius 3 is 2.83 bits per heavy atom. The van der Waals surface area contributed by atoms with E-state index in [2.05, 4.69) is 26.2 Å². The standard InChI is InChI=1S/C20H21F2N6P/c21-20(22)5-8-28(9-6-20)18(25-13-23)12-29-19-16-10-14(3-4-17(16)26-27-19)15-2-1-7-24-11-15/h1-4,7,10-11,13,23,29H,5-6,8-9,12H2,(H,26,27). The van der Waals surface area contributed by atoms with Crippen molar-refractivity contribution in [1.82, 2.24) is 20.1 Å². The molecule has 1 fully saturated rings. The minimum Gasteiger partial charge on any atom is -0.359 e. The minimum atomic E-state index is -2.60. The monoisotopic (exact) mass is 414 g/mol. The topological polar surface area (TPSA) is 81.0 Å². The summed E-state index contributed by atoms with van der Waals surface area (Å²) in [4.78, 5) is 10.2. The van der Waals surface area contributed by atoms with Gasteiger partial charge in [-0.1, -0.05) is 20.7 Å². The molecule has 0 saturated carbocycles. The second-order valence-corrected chi connectivity index (χ2v) is 8.13. The van der Waals surface area contributed by atoms with Gasteiger partial charge >= 0.3 is 0 Å². The Morgan fingerprint density at radius 2 is 2.10 bits per heavy atom. The van der Waals surface area contributed by atoms with Crippen LogP contribution < -0.4 is 5.44 Å². The number of nitrogens with one attached hydrogen (secondary N) is 2.